The number of anilines is 1. The van der Waals surface area contributed by atoms with Gasteiger partial charge in [0.2, 0.25) is 15.9 Å². The lowest BCUT2D eigenvalue weighted by molar-refractivity contribution is -0.121. The van der Waals surface area contributed by atoms with Gasteiger partial charge in [-0.1, -0.05) is 48.5 Å². The Hall–Kier alpha value is -3.53. The van der Waals surface area contributed by atoms with Crippen molar-refractivity contribution in [1.29, 1.82) is 0 Å². The Morgan fingerprint density at radius 1 is 0.892 bits per heavy atom. The molecule has 0 spiro atoms. The SMILES string of the molecule is CCOC(=O)c1ccc(S(=O)(=O)N2CCN(C(C)C(=O)Nc3ccccc3-c3ccccc3)CC2)cc1. The number of carbonyl (C=O) groups is 2. The van der Waals surface area contributed by atoms with Gasteiger partial charge in [0.25, 0.3) is 0 Å². The van der Waals surface area contributed by atoms with E-state index < -0.39 is 22.0 Å². The van der Waals surface area contributed by atoms with Crippen molar-refractivity contribution in [3.8, 4) is 11.1 Å². The van der Waals surface area contributed by atoms with Crippen molar-refractivity contribution in [3.63, 3.8) is 0 Å². The molecule has 3 aromatic carbocycles. The minimum Gasteiger partial charge on any atom is -0.462 e. The standard InChI is InChI=1S/C28H31N3O5S/c1-3-36-28(33)23-13-15-24(16-14-23)37(34,35)31-19-17-30(18-20-31)21(2)27(32)29-26-12-8-7-11-25(26)22-9-5-4-6-10-22/h4-16,21H,3,17-20H2,1-2H3,(H,29,32). The first-order valence-electron chi connectivity index (χ1n) is 12.3. The summed E-state index contributed by atoms with van der Waals surface area (Å²) in [6, 6.07) is 22.9. The van der Waals surface area contributed by atoms with Crippen LogP contribution in [0.3, 0.4) is 0 Å². The number of nitrogens with zero attached hydrogens (tertiary/aromatic N) is 2. The predicted molar refractivity (Wildman–Crippen MR) is 143 cm³/mol. The third kappa shape index (κ3) is 6.07. The van der Waals surface area contributed by atoms with Crippen LogP contribution in [0.25, 0.3) is 11.1 Å². The Balaban J connectivity index is 1.37. The molecule has 0 radical (unpaired) electrons. The highest BCUT2D eigenvalue weighted by Gasteiger charge is 2.32. The molecule has 1 fully saturated rings. The zero-order valence-electron chi connectivity index (χ0n) is 21.0. The van der Waals surface area contributed by atoms with Gasteiger partial charge in [0.1, 0.15) is 0 Å². The number of para-hydroxylation sites is 1. The number of hydrogen-bond donors (Lipinski definition) is 1. The number of rotatable bonds is 8. The number of carbonyl (C=O) groups excluding carboxylic acids is 2. The Morgan fingerprint density at radius 2 is 1.51 bits per heavy atom. The van der Waals surface area contributed by atoms with Gasteiger partial charge in [-0.2, -0.15) is 4.31 Å². The van der Waals surface area contributed by atoms with E-state index in [1.807, 2.05) is 66.4 Å². The summed E-state index contributed by atoms with van der Waals surface area (Å²) in [7, 11) is -3.72. The first-order chi connectivity index (χ1) is 17.8. The minimum absolute atomic E-state index is 0.123. The maximum Gasteiger partial charge on any atom is 0.338 e. The van der Waals surface area contributed by atoms with Crippen LogP contribution in [-0.4, -0.2) is 68.3 Å². The first kappa shape index (κ1) is 26.5. The summed E-state index contributed by atoms with van der Waals surface area (Å²) in [6.45, 7) is 5.17. The summed E-state index contributed by atoms with van der Waals surface area (Å²) in [6.07, 6.45) is 0. The highest BCUT2D eigenvalue weighted by Crippen LogP contribution is 2.28. The molecule has 4 rings (SSSR count). The topological polar surface area (TPSA) is 96.0 Å². The fourth-order valence-electron chi connectivity index (χ4n) is 4.32. The molecule has 1 aliphatic rings. The number of hydrogen-bond acceptors (Lipinski definition) is 6. The molecule has 0 aromatic heterocycles. The predicted octanol–water partition coefficient (Wildman–Crippen LogP) is 3.86. The Morgan fingerprint density at radius 3 is 2.16 bits per heavy atom. The summed E-state index contributed by atoms with van der Waals surface area (Å²) in [5, 5.41) is 3.05. The molecule has 1 atom stereocenters. The Labute approximate surface area is 217 Å². The molecule has 1 unspecified atom stereocenters. The fraction of sp³-hybridized carbons (Fsp3) is 0.286. The number of ether oxygens (including phenoxy) is 1. The molecule has 3 aromatic rings. The maximum atomic E-state index is 13.1. The van der Waals surface area contributed by atoms with E-state index in [2.05, 4.69) is 5.32 Å². The number of esters is 1. The molecule has 1 heterocycles. The van der Waals surface area contributed by atoms with Crippen molar-refractivity contribution in [2.45, 2.75) is 24.8 Å². The van der Waals surface area contributed by atoms with Gasteiger partial charge >= 0.3 is 5.97 Å². The van der Waals surface area contributed by atoms with Gasteiger partial charge in [-0.25, -0.2) is 13.2 Å². The van der Waals surface area contributed by atoms with E-state index in [4.69, 9.17) is 4.74 Å². The van der Waals surface area contributed by atoms with Gasteiger partial charge in [0.05, 0.1) is 23.1 Å². The molecule has 37 heavy (non-hydrogen) atoms. The van der Waals surface area contributed by atoms with Crippen molar-refractivity contribution in [2.24, 2.45) is 0 Å². The number of amides is 1. The lowest BCUT2D eigenvalue weighted by Gasteiger charge is -2.36. The molecule has 0 saturated carbocycles. The summed E-state index contributed by atoms with van der Waals surface area (Å²) < 4.78 is 32.6. The van der Waals surface area contributed by atoms with Crippen LogP contribution in [0, 0.1) is 0 Å². The fourth-order valence-corrected chi connectivity index (χ4v) is 5.74. The highest BCUT2D eigenvalue weighted by atomic mass is 32.2. The van der Waals surface area contributed by atoms with Gasteiger partial charge in [0.15, 0.2) is 0 Å². The van der Waals surface area contributed by atoms with Gasteiger partial charge in [0, 0.05) is 37.4 Å². The van der Waals surface area contributed by atoms with E-state index in [9.17, 15) is 18.0 Å². The second-order valence-corrected chi connectivity index (χ2v) is 10.7. The van der Waals surface area contributed by atoms with Gasteiger partial charge in [-0.05, 0) is 49.7 Å². The van der Waals surface area contributed by atoms with Crippen LogP contribution in [0.1, 0.15) is 24.2 Å². The van der Waals surface area contributed by atoms with Crippen LogP contribution in [0.5, 0.6) is 0 Å². The molecular formula is C28H31N3O5S. The Bertz CT molecular complexity index is 1340. The molecule has 1 N–H and O–H groups in total. The zero-order valence-corrected chi connectivity index (χ0v) is 21.8. The lowest BCUT2D eigenvalue weighted by atomic mass is 10.0. The van der Waals surface area contributed by atoms with E-state index in [0.29, 0.717) is 18.7 Å². The first-order valence-corrected chi connectivity index (χ1v) is 13.7. The Kier molecular flexibility index (Phi) is 8.38. The highest BCUT2D eigenvalue weighted by molar-refractivity contribution is 7.89. The number of sulfonamides is 1. The average molecular weight is 522 g/mol. The van der Waals surface area contributed by atoms with E-state index in [-0.39, 0.29) is 30.5 Å². The van der Waals surface area contributed by atoms with Crippen molar-refractivity contribution in [1.82, 2.24) is 9.21 Å². The molecule has 194 valence electrons. The van der Waals surface area contributed by atoms with Gasteiger partial charge in [-0.3, -0.25) is 9.69 Å². The molecule has 1 amide bonds. The van der Waals surface area contributed by atoms with Crippen LogP contribution < -0.4 is 5.32 Å². The van der Waals surface area contributed by atoms with E-state index in [1.165, 1.54) is 28.6 Å². The van der Waals surface area contributed by atoms with Crippen LogP contribution in [0.4, 0.5) is 5.69 Å². The normalized spacial score (nSPS) is 15.6. The van der Waals surface area contributed by atoms with E-state index in [1.54, 1.807) is 6.92 Å². The van der Waals surface area contributed by atoms with Crippen LogP contribution in [0.15, 0.2) is 83.8 Å². The third-order valence-electron chi connectivity index (χ3n) is 6.47. The van der Waals surface area contributed by atoms with E-state index >= 15 is 0 Å². The second kappa shape index (κ2) is 11.7. The number of piperazine rings is 1. The van der Waals surface area contributed by atoms with Crippen molar-refractivity contribution >= 4 is 27.6 Å². The van der Waals surface area contributed by atoms with Gasteiger partial charge < -0.3 is 10.1 Å². The largest absolute Gasteiger partial charge is 0.462 e. The molecule has 0 bridgehead atoms. The lowest BCUT2D eigenvalue weighted by Crippen LogP contribution is -2.53. The molecular weight excluding hydrogens is 490 g/mol. The molecule has 1 saturated heterocycles. The van der Waals surface area contributed by atoms with E-state index in [0.717, 1.165) is 16.8 Å². The summed E-state index contributed by atoms with van der Waals surface area (Å²) >= 11 is 0. The smallest absolute Gasteiger partial charge is 0.338 e. The second-order valence-electron chi connectivity index (χ2n) is 8.76. The summed E-state index contributed by atoms with van der Waals surface area (Å²) in [5.74, 6) is -0.632. The van der Waals surface area contributed by atoms with Crippen LogP contribution >= 0.6 is 0 Å². The molecule has 8 nitrogen and oxygen atoms in total. The number of benzene rings is 3. The third-order valence-corrected chi connectivity index (χ3v) is 8.39. The van der Waals surface area contributed by atoms with Crippen molar-refractivity contribution in [2.75, 3.05) is 38.1 Å². The molecule has 0 aliphatic carbocycles. The number of nitrogens with one attached hydrogen (secondary N) is 1. The zero-order chi connectivity index (χ0) is 26.4. The maximum absolute atomic E-state index is 13.1. The quantitative estimate of drug-likeness (QED) is 0.452. The monoisotopic (exact) mass is 521 g/mol. The molecule has 1 aliphatic heterocycles. The van der Waals surface area contributed by atoms with Gasteiger partial charge in [-0.15, -0.1) is 0 Å². The average Bonchev–Trinajstić information content (AvgIpc) is 2.93. The van der Waals surface area contributed by atoms with Crippen molar-refractivity contribution in [3.05, 3.63) is 84.4 Å². The van der Waals surface area contributed by atoms with Crippen molar-refractivity contribution < 1.29 is 22.7 Å². The minimum atomic E-state index is -3.72. The molecule has 9 heteroatoms. The van der Waals surface area contributed by atoms with Crippen LogP contribution in [0.2, 0.25) is 0 Å². The van der Waals surface area contributed by atoms with Crippen LogP contribution in [-0.2, 0) is 19.6 Å². The summed E-state index contributed by atoms with van der Waals surface area (Å²) in [4.78, 5) is 27.1. The summed E-state index contributed by atoms with van der Waals surface area (Å²) in [5.41, 5.74) is 2.99.